The van der Waals surface area contributed by atoms with Crippen molar-refractivity contribution in [3.8, 4) is 0 Å². The summed E-state index contributed by atoms with van der Waals surface area (Å²) in [5, 5.41) is 24.9. The van der Waals surface area contributed by atoms with Gasteiger partial charge >= 0.3 is 17.9 Å². The molecule has 2 fully saturated rings. The molecule has 0 amide bonds. The molecule has 0 saturated heterocycles. The van der Waals surface area contributed by atoms with E-state index in [1.165, 1.54) is 0 Å². The van der Waals surface area contributed by atoms with Gasteiger partial charge in [0, 0.05) is 23.7 Å². The highest BCUT2D eigenvalue weighted by molar-refractivity contribution is 5.96. The number of benzene rings is 2. The third kappa shape index (κ3) is 5.77. The number of hydrogen-bond donors (Lipinski definition) is 2. The molecule has 2 bridgehead atoms. The van der Waals surface area contributed by atoms with Crippen molar-refractivity contribution in [1.82, 2.24) is 0 Å². The maximum absolute atomic E-state index is 15.2. The summed E-state index contributed by atoms with van der Waals surface area (Å²) < 4.78 is 18.4. The van der Waals surface area contributed by atoms with Gasteiger partial charge in [0.1, 0.15) is 18.3 Å². The van der Waals surface area contributed by atoms with Crippen molar-refractivity contribution in [3.05, 3.63) is 95.1 Å². The van der Waals surface area contributed by atoms with Gasteiger partial charge in [-0.25, -0.2) is 9.59 Å². The molecule has 0 unspecified atom stereocenters. The molecule has 6 rings (SSSR count). The Bertz CT molecular complexity index is 1730. The van der Waals surface area contributed by atoms with Crippen LogP contribution in [0.3, 0.4) is 0 Å². The number of fused-ring (bicyclic) bond motifs is 3. The normalized spacial score (nSPS) is 34.9. The van der Waals surface area contributed by atoms with Crippen LogP contribution in [0.5, 0.6) is 0 Å². The Morgan fingerprint density at radius 1 is 0.882 bits per heavy atom. The summed E-state index contributed by atoms with van der Waals surface area (Å²) in [5.74, 6) is -4.18. The number of rotatable bonds is 12. The topological polar surface area (TPSA) is 136 Å². The first kappa shape index (κ1) is 36.7. The molecule has 0 aliphatic heterocycles. The molecule has 2 aromatic rings. The van der Waals surface area contributed by atoms with Gasteiger partial charge in [-0.05, 0) is 68.0 Å². The van der Waals surface area contributed by atoms with Gasteiger partial charge in [-0.1, -0.05) is 95.0 Å². The highest BCUT2D eigenvalue weighted by Gasteiger charge is 2.85. The van der Waals surface area contributed by atoms with Gasteiger partial charge in [-0.15, -0.1) is 0 Å². The molecule has 9 nitrogen and oxygen atoms in total. The number of unbranched alkanes of at least 4 members (excludes halogenated alkanes) is 4. The molecule has 0 heterocycles. The van der Waals surface area contributed by atoms with Crippen molar-refractivity contribution < 1.29 is 43.6 Å². The molecule has 272 valence electrons. The van der Waals surface area contributed by atoms with Gasteiger partial charge < -0.3 is 24.4 Å². The molecule has 51 heavy (non-hydrogen) atoms. The van der Waals surface area contributed by atoms with Gasteiger partial charge in [0.05, 0.1) is 16.5 Å². The standard InChI is InChI=1S/C42H50O9/c1-6-7-8-9-16-21-32(43)51-41-24-28(4)40-23-27(3)36(50-38(47)30-19-14-11-15-20-30)42(40,48)34(44)26(2)22-31(35(40)45)33(41)39(41,5)25-49-37(46)29-17-12-10-13-18-29/h10-15,17-20,22-23,28,31,33-34,36,44,48H,6-9,16,21,24-25H2,1-5H3/t28-,31+,33-,34-,36+,39+,40+,41-,42+/m1/s1. The molecular formula is C42H50O9. The molecule has 4 aliphatic carbocycles. The number of aliphatic hydroxyl groups excluding tert-OH is 1. The summed E-state index contributed by atoms with van der Waals surface area (Å²) in [7, 11) is 0. The Labute approximate surface area is 300 Å². The van der Waals surface area contributed by atoms with Crippen LogP contribution in [-0.2, 0) is 23.8 Å². The summed E-state index contributed by atoms with van der Waals surface area (Å²) in [6, 6.07) is 17.0. The first-order chi connectivity index (χ1) is 24.3. The number of ether oxygens (including phenoxy) is 3. The van der Waals surface area contributed by atoms with E-state index < -0.39 is 63.9 Å². The number of esters is 3. The lowest BCUT2D eigenvalue weighted by Crippen LogP contribution is -2.65. The second kappa shape index (κ2) is 13.8. The Balaban J connectivity index is 1.38. The average molecular weight is 699 g/mol. The number of ketones is 1. The summed E-state index contributed by atoms with van der Waals surface area (Å²) in [6.07, 6.45) is 5.57. The van der Waals surface area contributed by atoms with Crippen molar-refractivity contribution in [3.63, 3.8) is 0 Å². The van der Waals surface area contributed by atoms with E-state index in [0.717, 1.165) is 25.7 Å². The van der Waals surface area contributed by atoms with Crippen LogP contribution in [-0.4, -0.2) is 63.9 Å². The van der Waals surface area contributed by atoms with Crippen LogP contribution in [0.2, 0.25) is 0 Å². The minimum Gasteiger partial charge on any atom is -0.461 e. The first-order valence-electron chi connectivity index (χ1n) is 18.3. The smallest absolute Gasteiger partial charge is 0.338 e. The maximum Gasteiger partial charge on any atom is 0.338 e. The lowest BCUT2D eigenvalue weighted by molar-refractivity contribution is -0.192. The predicted octanol–water partition coefficient (Wildman–Crippen LogP) is 6.57. The fourth-order valence-electron chi connectivity index (χ4n) is 9.64. The molecule has 0 aromatic heterocycles. The number of Topliss-reactive ketones (excluding diaryl/α,β-unsaturated/α-hetero) is 1. The Hall–Kier alpha value is -4.08. The van der Waals surface area contributed by atoms with Crippen LogP contribution in [0.4, 0.5) is 0 Å². The lowest BCUT2D eigenvalue weighted by atomic mass is 9.59. The van der Waals surface area contributed by atoms with Crippen LogP contribution in [0.1, 0.15) is 100 Å². The number of aliphatic hydroxyl groups is 2. The molecule has 9 heteroatoms. The second-order valence-corrected chi connectivity index (χ2v) is 15.4. The van der Waals surface area contributed by atoms with Gasteiger partial charge in [-0.3, -0.25) is 9.59 Å². The van der Waals surface area contributed by atoms with E-state index in [4.69, 9.17) is 14.2 Å². The predicted molar refractivity (Wildman–Crippen MR) is 189 cm³/mol. The van der Waals surface area contributed by atoms with Crippen LogP contribution >= 0.6 is 0 Å². The Morgan fingerprint density at radius 3 is 2.12 bits per heavy atom. The van der Waals surface area contributed by atoms with Gasteiger partial charge in [-0.2, -0.15) is 0 Å². The zero-order valence-corrected chi connectivity index (χ0v) is 30.2. The zero-order valence-electron chi connectivity index (χ0n) is 30.2. The quantitative estimate of drug-likeness (QED) is 0.109. The summed E-state index contributed by atoms with van der Waals surface area (Å²) >= 11 is 0. The van der Waals surface area contributed by atoms with Gasteiger partial charge in [0.2, 0.25) is 0 Å². The minimum absolute atomic E-state index is 0.107. The van der Waals surface area contributed by atoms with Crippen LogP contribution in [0.25, 0.3) is 0 Å². The van der Waals surface area contributed by atoms with Crippen molar-refractivity contribution in [2.24, 2.45) is 28.6 Å². The van der Waals surface area contributed by atoms with Crippen LogP contribution in [0, 0.1) is 28.6 Å². The van der Waals surface area contributed by atoms with E-state index in [2.05, 4.69) is 6.92 Å². The highest BCUT2D eigenvalue weighted by Crippen LogP contribution is 2.75. The molecular weight excluding hydrogens is 648 g/mol. The maximum atomic E-state index is 15.2. The lowest BCUT2D eigenvalue weighted by Gasteiger charge is -2.49. The van der Waals surface area contributed by atoms with Gasteiger partial charge in [0.15, 0.2) is 17.5 Å². The molecule has 4 aliphatic rings. The van der Waals surface area contributed by atoms with Crippen LogP contribution < -0.4 is 0 Å². The minimum atomic E-state index is -2.25. The monoisotopic (exact) mass is 698 g/mol. The number of carbonyl (C=O) groups is 4. The second-order valence-electron chi connectivity index (χ2n) is 15.4. The molecule has 2 N–H and O–H groups in total. The fraction of sp³-hybridized carbons (Fsp3) is 0.524. The summed E-state index contributed by atoms with van der Waals surface area (Å²) in [5.41, 5.74) is -4.67. The van der Waals surface area contributed by atoms with E-state index >= 15 is 4.79 Å². The molecule has 1 spiro atoms. The van der Waals surface area contributed by atoms with E-state index in [9.17, 15) is 24.6 Å². The van der Waals surface area contributed by atoms with Crippen molar-refractivity contribution in [2.45, 2.75) is 103 Å². The van der Waals surface area contributed by atoms with E-state index in [1.807, 2.05) is 13.8 Å². The van der Waals surface area contributed by atoms with Crippen molar-refractivity contribution in [1.29, 1.82) is 0 Å². The average Bonchev–Trinajstić information content (AvgIpc) is 3.56. The van der Waals surface area contributed by atoms with E-state index in [-0.39, 0.29) is 36.8 Å². The first-order valence-corrected chi connectivity index (χ1v) is 18.3. The number of carbonyl (C=O) groups excluding carboxylic acids is 4. The zero-order chi connectivity index (χ0) is 36.8. The Morgan fingerprint density at radius 2 is 1.49 bits per heavy atom. The molecule has 0 radical (unpaired) electrons. The van der Waals surface area contributed by atoms with Crippen molar-refractivity contribution >= 4 is 23.7 Å². The van der Waals surface area contributed by atoms with E-state index in [1.54, 1.807) is 86.7 Å². The fourth-order valence-corrected chi connectivity index (χ4v) is 9.64. The molecule has 9 atom stereocenters. The van der Waals surface area contributed by atoms with Crippen molar-refractivity contribution in [2.75, 3.05) is 6.61 Å². The summed E-state index contributed by atoms with van der Waals surface area (Å²) in [6.45, 7) is 9.07. The SMILES string of the molecule is CCCCCCCC(=O)O[C@]12C[C@@H](C)[C@]34C=C(C)[C@H](OC(=O)c5ccccc5)[C@@]3(O)[C@H](O)C(C)=C[C@H](C4=O)[C@@H]1[C@]2(C)COC(=O)c1ccccc1. The van der Waals surface area contributed by atoms with Crippen LogP contribution in [0.15, 0.2) is 84.0 Å². The molecule has 2 aromatic carbocycles. The third-order valence-electron chi connectivity index (χ3n) is 12.3. The third-order valence-corrected chi connectivity index (χ3v) is 12.3. The number of allylic oxidation sites excluding steroid dienone is 1. The number of hydrogen-bond acceptors (Lipinski definition) is 9. The van der Waals surface area contributed by atoms with E-state index in [0.29, 0.717) is 23.1 Å². The molecule has 2 saturated carbocycles. The highest BCUT2D eigenvalue weighted by atomic mass is 16.6. The van der Waals surface area contributed by atoms with Gasteiger partial charge in [0.25, 0.3) is 0 Å². The largest absolute Gasteiger partial charge is 0.461 e. The summed E-state index contributed by atoms with van der Waals surface area (Å²) in [4.78, 5) is 55.5. The Kier molecular flexibility index (Phi) is 9.94.